The maximum Gasteiger partial charge on any atom is 0.251 e. The van der Waals surface area contributed by atoms with Gasteiger partial charge in [0.15, 0.2) is 0 Å². The van der Waals surface area contributed by atoms with Crippen LogP contribution in [-0.2, 0) is 7.05 Å². The second-order valence-electron chi connectivity index (χ2n) is 10.1. The van der Waals surface area contributed by atoms with Crippen molar-refractivity contribution < 1.29 is 9.53 Å². The van der Waals surface area contributed by atoms with Crippen molar-refractivity contribution in [1.29, 1.82) is 0 Å². The zero-order valence-electron chi connectivity index (χ0n) is 20.9. The molecule has 0 aliphatic carbocycles. The van der Waals surface area contributed by atoms with Crippen molar-refractivity contribution in [2.45, 2.75) is 24.8 Å². The summed E-state index contributed by atoms with van der Waals surface area (Å²) in [7, 11) is 3.70. The number of carbonyl (C=O) groups is 1. The third kappa shape index (κ3) is 4.26. The number of methoxy groups -OCH3 is 1. The molecule has 1 N–H and O–H groups in total. The van der Waals surface area contributed by atoms with E-state index < -0.39 is 0 Å². The van der Waals surface area contributed by atoms with E-state index in [-0.39, 0.29) is 5.91 Å². The van der Waals surface area contributed by atoms with Crippen LogP contribution in [0, 0.1) is 5.92 Å². The van der Waals surface area contributed by atoms with Crippen LogP contribution in [0.1, 0.15) is 34.8 Å². The zero-order valence-corrected chi connectivity index (χ0v) is 20.9. The Morgan fingerprint density at radius 2 is 1.86 bits per heavy atom. The topological polar surface area (TPSA) is 59.4 Å². The number of hydrogen-bond donors (Lipinski definition) is 1. The maximum atomic E-state index is 12.7. The van der Waals surface area contributed by atoms with E-state index in [1.54, 1.807) is 7.11 Å². The fourth-order valence-corrected chi connectivity index (χ4v) is 6.06. The molecule has 3 aromatic carbocycles. The highest BCUT2D eigenvalue weighted by Crippen LogP contribution is 2.42. The maximum absolute atomic E-state index is 12.7. The minimum atomic E-state index is -0.0245. The van der Waals surface area contributed by atoms with Crippen LogP contribution >= 0.6 is 0 Å². The molecule has 3 saturated heterocycles. The molecule has 7 rings (SSSR count). The van der Waals surface area contributed by atoms with Crippen LogP contribution in [0.2, 0.25) is 0 Å². The number of amides is 1. The first-order chi connectivity index (χ1) is 17.6. The second-order valence-corrected chi connectivity index (χ2v) is 10.1. The molecule has 1 unspecified atom stereocenters. The van der Waals surface area contributed by atoms with Crippen molar-refractivity contribution in [2.75, 3.05) is 26.7 Å². The van der Waals surface area contributed by atoms with Gasteiger partial charge in [-0.3, -0.25) is 14.4 Å². The number of hydrogen-bond acceptors (Lipinski definition) is 4. The predicted octanol–water partition coefficient (Wildman–Crippen LogP) is 4.86. The van der Waals surface area contributed by atoms with E-state index in [9.17, 15) is 4.79 Å². The van der Waals surface area contributed by atoms with Crippen molar-refractivity contribution in [2.24, 2.45) is 13.0 Å². The molecule has 3 aliphatic heterocycles. The van der Waals surface area contributed by atoms with Crippen molar-refractivity contribution in [3.63, 3.8) is 0 Å². The highest BCUT2D eigenvalue weighted by Gasteiger charge is 2.41. The van der Waals surface area contributed by atoms with Gasteiger partial charge in [-0.25, -0.2) is 0 Å². The van der Waals surface area contributed by atoms with Crippen LogP contribution in [0.15, 0.2) is 72.8 Å². The predicted molar refractivity (Wildman–Crippen MR) is 142 cm³/mol. The van der Waals surface area contributed by atoms with E-state index in [0.717, 1.165) is 36.5 Å². The molecule has 0 saturated carbocycles. The minimum absolute atomic E-state index is 0.0245. The molecule has 4 atom stereocenters. The Kier molecular flexibility index (Phi) is 5.97. The summed E-state index contributed by atoms with van der Waals surface area (Å²) in [5.74, 6) is 1.81. The molecule has 3 aliphatic rings. The molecule has 36 heavy (non-hydrogen) atoms. The monoisotopic (exact) mass is 480 g/mol. The van der Waals surface area contributed by atoms with E-state index in [4.69, 9.17) is 9.84 Å². The normalized spacial score (nSPS) is 23.1. The van der Waals surface area contributed by atoms with Gasteiger partial charge in [-0.1, -0.05) is 36.4 Å². The van der Waals surface area contributed by atoms with Crippen LogP contribution < -0.4 is 10.1 Å². The summed E-state index contributed by atoms with van der Waals surface area (Å²) in [6.45, 7) is 2.80. The molecule has 6 heteroatoms. The van der Waals surface area contributed by atoms with Gasteiger partial charge in [-0.05, 0) is 72.5 Å². The third-order valence-electron chi connectivity index (χ3n) is 8.07. The Bertz CT molecular complexity index is 1390. The fraction of sp³-hybridized carbons (Fsp3) is 0.333. The number of piperidine rings is 3. The lowest BCUT2D eigenvalue weighted by molar-refractivity contribution is 0.0280. The summed E-state index contributed by atoms with van der Waals surface area (Å²) in [6.07, 6.45) is 2.30. The molecular weight excluding hydrogens is 448 g/mol. The molecule has 0 radical (unpaired) electrons. The minimum Gasteiger partial charge on any atom is -0.497 e. The number of ether oxygens (including phenoxy) is 1. The Hall–Kier alpha value is -3.64. The van der Waals surface area contributed by atoms with Crippen LogP contribution in [0.3, 0.4) is 0 Å². The van der Waals surface area contributed by atoms with Gasteiger partial charge in [0.1, 0.15) is 5.75 Å². The van der Waals surface area contributed by atoms with Gasteiger partial charge in [-0.2, -0.15) is 5.10 Å². The standard InChI is InChI=1S/C30H32N4O2/c1-33-29(17-28(32-33)24-8-7-20-5-3-4-6-22(20)15-24)27-19-34-14-13-23(27)16-25(34)18-31-30(35)21-9-11-26(36-2)12-10-21/h3-12,15,17,23,25,27H,13-14,16,18-19H2,1-2H3,(H,31,35)/t23-,25+,27-/m0/s1. The van der Waals surface area contributed by atoms with Gasteiger partial charge in [0.05, 0.1) is 12.8 Å². The van der Waals surface area contributed by atoms with Gasteiger partial charge in [0, 0.05) is 48.9 Å². The molecular formula is C30H32N4O2. The molecule has 184 valence electrons. The second kappa shape index (κ2) is 9.43. The van der Waals surface area contributed by atoms with E-state index in [1.165, 1.54) is 22.9 Å². The summed E-state index contributed by atoms with van der Waals surface area (Å²) in [5, 5.41) is 10.6. The summed E-state index contributed by atoms with van der Waals surface area (Å²) in [5.41, 5.74) is 4.18. The Labute approximate surface area is 211 Å². The number of nitrogens with zero attached hydrogens (tertiary/aromatic N) is 3. The molecule has 4 aromatic rings. The number of carbonyl (C=O) groups excluding carboxylic acids is 1. The lowest BCUT2D eigenvalue weighted by atomic mass is 9.74. The number of rotatable bonds is 6. The zero-order chi connectivity index (χ0) is 24.6. The van der Waals surface area contributed by atoms with Gasteiger partial charge in [0.2, 0.25) is 0 Å². The first kappa shape index (κ1) is 22.8. The first-order valence-electron chi connectivity index (χ1n) is 12.8. The van der Waals surface area contributed by atoms with Crippen molar-refractivity contribution >= 4 is 16.7 Å². The Balaban J connectivity index is 1.13. The van der Waals surface area contributed by atoms with Crippen molar-refractivity contribution in [3.8, 4) is 17.0 Å². The number of aromatic nitrogens is 2. The molecule has 3 fully saturated rings. The Morgan fingerprint density at radius 1 is 1.06 bits per heavy atom. The quantitative estimate of drug-likeness (QED) is 0.428. The van der Waals surface area contributed by atoms with Crippen LogP contribution in [0.4, 0.5) is 0 Å². The smallest absolute Gasteiger partial charge is 0.251 e. The highest BCUT2D eigenvalue weighted by atomic mass is 16.5. The van der Waals surface area contributed by atoms with Crippen molar-refractivity contribution in [3.05, 3.63) is 84.1 Å². The lowest BCUT2D eigenvalue weighted by Crippen LogP contribution is -2.56. The summed E-state index contributed by atoms with van der Waals surface area (Å²) in [6, 6.07) is 25.0. The average molecular weight is 481 g/mol. The van der Waals surface area contributed by atoms with Crippen molar-refractivity contribution in [1.82, 2.24) is 20.0 Å². The molecule has 2 bridgehead atoms. The number of aryl methyl sites for hydroxylation is 1. The molecule has 6 nitrogen and oxygen atoms in total. The lowest BCUT2D eigenvalue weighted by Gasteiger charge is -2.50. The fourth-order valence-electron chi connectivity index (χ4n) is 6.06. The van der Waals surface area contributed by atoms with Gasteiger partial charge < -0.3 is 10.1 Å². The SMILES string of the molecule is COc1ccc(C(=O)NC[C@H]2C[C@@H]3CCN2C[C@@H]3c2cc(-c3ccc4ccccc4c3)nn2C)cc1. The average Bonchev–Trinajstić information content (AvgIpc) is 3.33. The van der Waals surface area contributed by atoms with E-state index in [0.29, 0.717) is 30.0 Å². The molecule has 0 spiro atoms. The summed E-state index contributed by atoms with van der Waals surface area (Å²) >= 11 is 0. The van der Waals surface area contributed by atoms with E-state index in [1.807, 2.05) is 24.3 Å². The summed E-state index contributed by atoms with van der Waals surface area (Å²) < 4.78 is 7.27. The number of nitrogens with one attached hydrogen (secondary N) is 1. The largest absolute Gasteiger partial charge is 0.497 e. The van der Waals surface area contributed by atoms with Gasteiger partial charge >= 0.3 is 0 Å². The first-order valence-corrected chi connectivity index (χ1v) is 12.8. The van der Waals surface area contributed by atoms with E-state index >= 15 is 0 Å². The highest BCUT2D eigenvalue weighted by molar-refractivity contribution is 5.94. The Morgan fingerprint density at radius 3 is 2.61 bits per heavy atom. The number of fused-ring (bicyclic) bond motifs is 4. The summed E-state index contributed by atoms with van der Waals surface area (Å²) in [4.78, 5) is 15.2. The van der Waals surface area contributed by atoms with Gasteiger partial charge in [0.25, 0.3) is 5.91 Å². The van der Waals surface area contributed by atoms with Crippen LogP contribution in [0.5, 0.6) is 5.75 Å². The third-order valence-corrected chi connectivity index (χ3v) is 8.07. The molecule has 1 aromatic heterocycles. The van der Waals surface area contributed by atoms with Crippen LogP contribution in [-0.4, -0.2) is 53.4 Å². The van der Waals surface area contributed by atoms with E-state index in [2.05, 4.69) is 70.5 Å². The number of benzene rings is 3. The van der Waals surface area contributed by atoms with Gasteiger partial charge in [-0.15, -0.1) is 0 Å². The van der Waals surface area contributed by atoms with Crippen LogP contribution in [0.25, 0.3) is 22.0 Å². The molecule has 1 amide bonds. The molecule has 4 heterocycles.